The molecule has 3 aromatic rings. The molecule has 0 aliphatic heterocycles. The van der Waals surface area contributed by atoms with Crippen LogP contribution in [0.5, 0.6) is 5.75 Å². The number of aryl methyl sites for hydroxylation is 2. The first-order chi connectivity index (χ1) is 14.5. The summed E-state index contributed by atoms with van der Waals surface area (Å²) in [6.07, 6.45) is 4.52. The predicted octanol–water partition coefficient (Wildman–Crippen LogP) is 5.20. The van der Waals surface area contributed by atoms with Crippen LogP contribution in [0, 0.1) is 0 Å². The largest absolute Gasteiger partial charge is 0.491 e. The molecule has 1 aromatic heterocycles. The summed E-state index contributed by atoms with van der Waals surface area (Å²) in [5.41, 5.74) is 2.22. The van der Waals surface area contributed by atoms with Gasteiger partial charge in [-0.05, 0) is 51.3 Å². The van der Waals surface area contributed by atoms with Crippen LogP contribution in [0.4, 0.5) is 0 Å². The van der Waals surface area contributed by atoms with E-state index in [4.69, 9.17) is 9.15 Å². The van der Waals surface area contributed by atoms with Crippen molar-refractivity contribution >= 4 is 5.91 Å². The van der Waals surface area contributed by atoms with E-state index in [0.717, 1.165) is 29.9 Å². The zero-order valence-electron chi connectivity index (χ0n) is 17.9. The third-order valence-corrected chi connectivity index (χ3v) is 4.75. The van der Waals surface area contributed by atoms with E-state index in [1.807, 2.05) is 63.2 Å². The molecule has 1 atom stereocenters. The Kier molecular flexibility index (Phi) is 7.66. The first kappa shape index (κ1) is 21.6. The highest BCUT2D eigenvalue weighted by Crippen LogP contribution is 2.20. The molecule has 0 radical (unpaired) electrons. The number of hydrogen-bond donors (Lipinski definition) is 1. The van der Waals surface area contributed by atoms with Gasteiger partial charge >= 0.3 is 0 Å². The van der Waals surface area contributed by atoms with Gasteiger partial charge in [-0.3, -0.25) is 4.79 Å². The third kappa shape index (κ3) is 6.76. The Bertz CT molecular complexity index is 917. The second kappa shape index (κ2) is 10.6. The molecule has 30 heavy (non-hydrogen) atoms. The molecule has 0 spiro atoms. The molecule has 5 heteroatoms. The van der Waals surface area contributed by atoms with Crippen molar-refractivity contribution < 1.29 is 13.9 Å². The minimum Gasteiger partial charge on any atom is -0.491 e. The van der Waals surface area contributed by atoms with Gasteiger partial charge in [-0.2, -0.15) is 0 Å². The van der Waals surface area contributed by atoms with Gasteiger partial charge in [-0.15, -0.1) is 0 Å². The number of rotatable bonds is 10. The van der Waals surface area contributed by atoms with Crippen LogP contribution < -0.4 is 10.1 Å². The highest BCUT2D eigenvalue weighted by molar-refractivity contribution is 5.76. The molecule has 0 aliphatic rings. The zero-order valence-corrected chi connectivity index (χ0v) is 17.9. The molecule has 1 unspecified atom stereocenters. The van der Waals surface area contributed by atoms with Crippen molar-refractivity contribution in [3.63, 3.8) is 0 Å². The number of aromatic nitrogens is 1. The number of ether oxygens (including phenoxy) is 1. The lowest BCUT2D eigenvalue weighted by molar-refractivity contribution is -0.121. The summed E-state index contributed by atoms with van der Waals surface area (Å²) in [5.74, 6) is 2.21. The molecule has 1 heterocycles. The summed E-state index contributed by atoms with van der Waals surface area (Å²) in [6, 6.07) is 18.1. The topological polar surface area (TPSA) is 64.4 Å². The quantitative estimate of drug-likeness (QED) is 0.503. The fraction of sp³-hybridized carbons (Fsp3) is 0.360. The summed E-state index contributed by atoms with van der Waals surface area (Å²) in [7, 11) is 0. The number of amides is 1. The molecular formula is C25H30N2O3. The number of carbonyl (C=O) groups excluding carboxylic acids is 1. The van der Waals surface area contributed by atoms with Gasteiger partial charge in [0.2, 0.25) is 5.91 Å². The predicted molar refractivity (Wildman–Crippen MR) is 118 cm³/mol. The van der Waals surface area contributed by atoms with Crippen molar-refractivity contribution in [2.45, 2.75) is 58.6 Å². The normalized spacial score (nSPS) is 12.0. The molecule has 0 fully saturated rings. The van der Waals surface area contributed by atoms with E-state index in [-0.39, 0.29) is 18.1 Å². The van der Waals surface area contributed by atoms with E-state index in [0.29, 0.717) is 18.7 Å². The van der Waals surface area contributed by atoms with Crippen molar-refractivity contribution in [2.75, 3.05) is 0 Å². The lowest BCUT2D eigenvalue weighted by Gasteiger charge is -2.14. The van der Waals surface area contributed by atoms with Gasteiger partial charge < -0.3 is 14.5 Å². The lowest BCUT2D eigenvalue weighted by Crippen LogP contribution is -2.33. The van der Waals surface area contributed by atoms with Crippen molar-refractivity contribution in [1.82, 2.24) is 10.3 Å². The van der Waals surface area contributed by atoms with E-state index >= 15 is 0 Å². The zero-order chi connectivity index (χ0) is 21.3. The highest BCUT2D eigenvalue weighted by Gasteiger charge is 2.11. The number of nitrogens with zero attached hydrogens (tertiary/aromatic N) is 1. The Morgan fingerprint density at radius 3 is 2.47 bits per heavy atom. The Morgan fingerprint density at radius 1 is 1.03 bits per heavy atom. The van der Waals surface area contributed by atoms with Crippen LogP contribution in [0.15, 0.2) is 65.2 Å². The smallest absolute Gasteiger partial charge is 0.220 e. The van der Waals surface area contributed by atoms with Crippen LogP contribution in [0.25, 0.3) is 11.3 Å². The summed E-state index contributed by atoms with van der Waals surface area (Å²) in [6.45, 7) is 6.07. The van der Waals surface area contributed by atoms with Crippen LogP contribution in [0.2, 0.25) is 0 Å². The van der Waals surface area contributed by atoms with Crippen LogP contribution in [-0.2, 0) is 17.6 Å². The average molecular weight is 407 g/mol. The number of carbonyl (C=O) groups is 1. The first-order valence-corrected chi connectivity index (χ1v) is 10.5. The minimum absolute atomic E-state index is 0.0163. The number of nitrogens with one attached hydrogen (secondary N) is 1. The van der Waals surface area contributed by atoms with E-state index in [9.17, 15) is 4.79 Å². The van der Waals surface area contributed by atoms with E-state index in [1.165, 1.54) is 5.56 Å². The number of hydrogen-bond acceptors (Lipinski definition) is 4. The van der Waals surface area contributed by atoms with Crippen molar-refractivity contribution in [1.29, 1.82) is 0 Å². The van der Waals surface area contributed by atoms with Crippen molar-refractivity contribution in [3.8, 4) is 17.1 Å². The van der Waals surface area contributed by atoms with Crippen molar-refractivity contribution in [2.24, 2.45) is 0 Å². The Morgan fingerprint density at radius 2 is 1.77 bits per heavy atom. The number of benzene rings is 2. The Hall–Kier alpha value is -3.08. The van der Waals surface area contributed by atoms with Crippen LogP contribution in [0.3, 0.4) is 0 Å². The van der Waals surface area contributed by atoms with E-state index in [2.05, 4.69) is 22.4 Å². The number of oxazole rings is 1. The Balaban J connectivity index is 1.39. The maximum atomic E-state index is 12.3. The molecule has 2 aromatic carbocycles. The van der Waals surface area contributed by atoms with Gasteiger partial charge in [0.05, 0.1) is 12.3 Å². The first-order valence-electron chi connectivity index (χ1n) is 10.5. The van der Waals surface area contributed by atoms with Crippen LogP contribution >= 0.6 is 0 Å². The van der Waals surface area contributed by atoms with Gasteiger partial charge in [0.15, 0.2) is 11.7 Å². The molecule has 0 bridgehead atoms. The second-order valence-electron chi connectivity index (χ2n) is 7.80. The molecule has 1 N–H and O–H groups in total. The minimum atomic E-state index is 0.0163. The molecule has 0 aliphatic carbocycles. The van der Waals surface area contributed by atoms with Crippen molar-refractivity contribution in [3.05, 3.63) is 72.2 Å². The van der Waals surface area contributed by atoms with Gasteiger partial charge in [0.1, 0.15) is 5.75 Å². The van der Waals surface area contributed by atoms with Gasteiger partial charge in [-0.25, -0.2) is 4.98 Å². The summed E-state index contributed by atoms with van der Waals surface area (Å²) in [5, 5.41) is 3.06. The summed E-state index contributed by atoms with van der Waals surface area (Å²) in [4.78, 5) is 16.6. The molecule has 158 valence electrons. The molecular weight excluding hydrogens is 376 g/mol. The Labute approximate surface area is 178 Å². The summed E-state index contributed by atoms with van der Waals surface area (Å²) < 4.78 is 11.4. The maximum absolute atomic E-state index is 12.3. The molecule has 0 saturated carbocycles. The lowest BCUT2D eigenvalue weighted by atomic mass is 10.1. The standard InChI is InChI=1S/C25H30N2O3/c1-18(2)29-22-13-11-20(12-14-22)10-9-19(3)27-24(28)15-16-25-26-17-23(30-25)21-7-5-4-6-8-21/h4-8,11-14,17-19H,9-10,15-16H2,1-3H3,(H,27,28). The van der Waals surface area contributed by atoms with E-state index in [1.54, 1.807) is 6.20 Å². The highest BCUT2D eigenvalue weighted by atomic mass is 16.5. The summed E-state index contributed by atoms with van der Waals surface area (Å²) >= 11 is 0. The fourth-order valence-electron chi connectivity index (χ4n) is 3.19. The maximum Gasteiger partial charge on any atom is 0.220 e. The van der Waals surface area contributed by atoms with Crippen LogP contribution in [-0.4, -0.2) is 23.0 Å². The average Bonchev–Trinajstić information content (AvgIpc) is 3.21. The molecule has 0 saturated heterocycles. The monoisotopic (exact) mass is 406 g/mol. The van der Waals surface area contributed by atoms with Gasteiger partial charge in [0.25, 0.3) is 0 Å². The van der Waals surface area contributed by atoms with Crippen LogP contribution in [0.1, 0.15) is 45.1 Å². The van der Waals surface area contributed by atoms with Gasteiger partial charge in [-0.1, -0.05) is 42.5 Å². The SMILES string of the molecule is CC(CCc1ccc(OC(C)C)cc1)NC(=O)CCc1ncc(-c2ccccc2)o1. The fourth-order valence-corrected chi connectivity index (χ4v) is 3.19. The second-order valence-corrected chi connectivity index (χ2v) is 7.80. The molecule has 1 amide bonds. The third-order valence-electron chi connectivity index (χ3n) is 4.75. The van der Waals surface area contributed by atoms with Gasteiger partial charge in [0, 0.05) is 24.4 Å². The molecule has 3 rings (SSSR count). The van der Waals surface area contributed by atoms with E-state index < -0.39 is 0 Å². The molecule has 5 nitrogen and oxygen atoms in total.